The lowest BCUT2D eigenvalue weighted by Gasteiger charge is -2.18. The van der Waals surface area contributed by atoms with E-state index in [1.54, 1.807) is 0 Å². The van der Waals surface area contributed by atoms with Crippen LogP contribution < -0.4 is 0 Å². The van der Waals surface area contributed by atoms with E-state index in [1.807, 2.05) is 6.92 Å². The highest BCUT2D eigenvalue weighted by Crippen LogP contribution is 2.43. The Balaban J connectivity index is 2.38. The van der Waals surface area contributed by atoms with Gasteiger partial charge in [-0.05, 0) is 36.3 Å². The number of benzene rings is 1. The van der Waals surface area contributed by atoms with Gasteiger partial charge in [-0.3, -0.25) is 0 Å². The van der Waals surface area contributed by atoms with Gasteiger partial charge in [0, 0.05) is 5.38 Å². The highest BCUT2D eigenvalue weighted by atomic mass is 35.5. The van der Waals surface area contributed by atoms with Crippen molar-refractivity contribution in [2.75, 3.05) is 0 Å². The number of hydrogen-bond donors (Lipinski definition) is 0. The van der Waals surface area contributed by atoms with Gasteiger partial charge in [-0.1, -0.05) is 13.0 Å². The van der Waals surface area contributed by atoms with Gasteiger partial charge >= 0.3 is 0 Å². The first kappa shape index (κ1) is 11.8. The molecule has 1 aromatic rings. The van der Waals surface area contributed by atoms with Crippen molar-refractivity contribution >= 4 is 11.6 Å². The molecule has 0 heterocycles. The van der Waals surface area contributed by atoms with Gasteiger partial charge in [-0.2, -0.15) is 0 Å². The molecule has 3 unspecified atom stereocenters. The first-order valence-electron chi connectivity index (χ1n) is 5.30. The van der Waals surface area contributed by atoms with Crippen LogP contribution in [0.1, 0.15) is 31.2 Å². The summed E-state index contributed by atoms with van der Waals surface area (Å²) in [6.07, 6.45) is 1.50. The molecular weight excluding hydrogens is 237 g/mol. The molecule has 0 N–H and O–H groups in total. The summed E-state index contributed by atoms with van der Waals surface area (Å²) in [5, 5.41) is -0.0162. The van der Waals surface area contributed by atoms with Crippen molar-refractivity contribution in [3.05, 3.63) is 35.1 Å². The van der Waals surface area contributed by atoms with E-state index in [4.69, 9.17) is 11.6 Å². The smallest absolute Gasteiger partial charge is 0.194 e. The fraction of sp³-hybridized carbons (Fsp3) is 0.500. The van der Waals surface area contributed by atoms with E-state index in [1.165, 1.54) is 6.07 Å². The van der Waals surface area contributed by atoms with Gasteiger partial charge < -0.3 is 0 Å². The molecule has 1 fully saturated rings. The highest BCUT2D eigenvalue weighted by Gasteiger charge is 2.34. The van der Waals surface area contributed by atoms with E-state index in [9.17, 15) is 13.2 Å². The van der Waals surface area contributed by atoms with E-state index in [0.717, 1.165) is 18.9 Å². The lowest BCUT2D eigenvalue weighted by Crippen LogP contribution is -2.12. The monoisotopic (exact) mass is 248 g/mol. The molecule has 1 aliphatic carbocycles. The summed E-state index contributed by atoms with van der Waals surface area (Å²) in [5.74, 6) is -3.63. The third kappa shape index (κ3) is 1.81. The van der Waals surface area contributed by atoms with Crippen molar-refractivity contribution in [1.29, 1.82) is 0 Å². The molecule has 0 nitrogen and oxygen atoms in total. The Morgan fingerprint density at radius 2 is 1.81 bits per heavy atom. The zero-order valence-electron chi connectivity index (χ0n) is 8.81. The molecule has 2 rings (SSSR count). The quantitative estimate of drug-likeness (QED) is 0.516. The Labute approximate surface area is 97.4 Å². The summed E-state index contributed by atoms with van der Waals surface area (Å²) < 4.78 is 39.4. The molecule has 3 atom stereocenters. The topological polar surface area (TPSA) is 0 Å². The first-order valence-corrected chi connectivity index (χ1v) is 5.73. The second kappa shape index (κ2) is 4.28. The third-order valence-corrected chi connectivity index (χ3v) is 4.04. The highest BCUT2D eigenvalue weighted by molar-refractivity contribution is 6.21. The van der Waals surface area contributed by atoms with Gasteiger partial charge in [0.25, 0.3) is 0 Å². The molecule has 1 aromatic carbocycles. The van der Waals surface area contributed by atoms with Crippen LogP contribution in [0.2, 0.25) is 0 Å². The summed E-state index contributed by atoms with van der Waals surface area (Å²) in [6.45, 7) is 1.91. The van der Waals surface area contributed by atoms with Crippen LogP contribution in [0.25, 0.3) is 0 Å². The number of alkyl halides is 1. The van der Waals surface area contributed by atoms with Crippen LogP contribution in [0.4, 0.5) is 13.2 Å². The lowest BCUT2D eigenvalue weighted by atomic mass is 9.89. The number of rotatable bonds is 1. The van der Waals surface area contributed by atoms with E-state index >= 15 is 0 Å². The molecule has 4 heteroatoms. The van der Waals surface area contributed by atoms with Gasteiger partial charge in [0.15, 0.2) is 17.5 Å². The molecule has 1 saturated carbocycles. The van der Waals surface area contributed by atoms with Crippen LogP contribution in [0, 0.1) is 23.4 Å². The molecule has 0 radical (unpaired) electrons. The summed E-state index contributed by atoms with van der Waals surface area (Å²) in [7, 11) is 0. The maximum absolute atomic E-state index is 13.6. The van der Waals surface area contributed by atoms with Crippen molar-refractivity contribution in [2.45, 2.75) is 31.1 Å². The van der Waals surface area contributed by atoms with Crippen LogP contribution >= 0.6 is 11.6 Å². The van der Waals surface area contributed by atoms with Crippen LogP contribution in [-0.4, -0.2) is 5.38 Å². The Morgan fingerprint density at radius 1 is 1.12 bits per heavy atom. The van der Waals surface area contributed by atoms with Gasteiger partial charge in [0.1, 0.15) is 0 Å². The maximum atomic E-state index is 13.6. The fourth-order valence-corrected chi connectivity index (χ4v) is 2.68. The summed E-state index contributed by atoms with van der Waals surface area (Å²) in [6, 6.07) is 2.30. The van der Waals surface area contributed by atoms with Crippen molar-refractivity contribution in [3.63, 3.8) is 0 Å². The van der Waals surface area contributed by atoms with E-state index in [0.29, 0.717) is 0 Å². The number of hydrogen-bond acceptors (Lipinski definition) is 0. The van der Waals surface area contributed by atoms with Crippen molar-refractivity contribution in [2.24, 2.45) is 5.92 Å². The first-order chi connectivity index (χ1) is 7.52. The van der Waals surface area contributed by atoms with Crippen molar-refractivity contribution < 1.29 is 13.2 Å². The van der Waals surface area contributed by atoms with Crippen LogP contribution in [0.3, 0.4) is 0 Å². The summed E-state index contributed by atoms with van der Waals surface area (Å²) >= 11 is 6.04. The van der Waals surface area contributed by atoms with Crippen LogP contribution in [0.5, 0.6) is 0 Å². The molecule has 88 valence electrons. The standard InChI is InChI=1S/C12H12ClF3/c1-6-7(2-4-9(6)13)8-3-5-10(14)12(16)11(8)15/h3,5-7,9H,2,4H2,1H3. The van der Waals surface area contributed by atoms with E-state index in [-0.39, 0.29) is 22.8 Å². The van der Waals surface area contributed by atoms with Crippen LogP contribution in [-0.2, 0) is 0 Å². The van der Waals surface area contributed by atoms with Gasteiger partial charge in [-0.25, -0.2) is 13.2 Å². The maximum Gasteiger partial charge on any atom is 0.194 e. The van der Waals surface area contributed by atoms with E-state index < -0.39 is 17.5 Å². The average Bonchev–Trinajstić information content (AvgIpc) is 2.58. The van der Waals surface area contributed by atoms with Crippen molar-refractivity contribution in [1.82, 2.24) is 0 Å². The SMILES string of the molecule is CC1C(Cl)CCC1c1ccc(F)c(F)c1F. The summed E-state index contributed by atoms with van der Waals surface area (Å²) in [4.78, 5) is 0. The Hall–Kier alpha value is -0.700. The molecule has 0 amide bonds. The Bertz CT molecular complexity index is 405. The second-order valence-corrected chi connectivity index (χ2v) is 4.88. The molecule has 0 aromatic heterocycles. The predicted octanol–water partition coefficient (Wildman–Crippen LogP) is 4.22. The average molecular weight is 249 g/mol. The molecule has 0 aliphatic heterocycles. The molecule has 0 spiro atoms. The Kier molecular flexibility index (Phi) is 3.15. The van der Waals surface area contributed by atoms with Gasteiger partial charge in [-0.15, -0.1) is 11.6 Å². The zero-order valence-corrected chi connectivity index (χ0v) is 9.57. The minimum Gasteiger partial charge on any atom is -0.204 e. The van der Waals surface area contributed by atoms with Crippen molar-refractivity contribution in [3.8, 4) is 0 Å². The molecular formula is C12H12ClF3. The van der Waals surface area contributed by atoms with Crippen LogP contribution in [0.15, 0.2) is 12.1 Å². The molecule has 0 saturated heterocycles. The third-order valence-electron chi connectivity index (χ3n) is 3.42. The Morgan fingerprint density at radius 3 is 2.38 bits per heavy atom. The predicted molar refractivity (Wildman–Crippen MR) is 57.1 cm³/mol. The lowest BCUT2D eigenvalue weighted by molar-refractivity contribution is 0.424. The molecule has 1 aliphatic rings. The zero-order chi connectivity index (χ0) is 11.9. The molecule has 16 heavy (non-hydrogen) atoms. The largest absolute Gasteiger partial charge is 0.204 e. The second-order valence-electron chi connectivity index (χ2n) is 4.32. The minimum absolute atomic E-state index is 0.0162. The summed E-state index contributed by atoms with van der Waals surface area (Å²) in [5.41, 5.74) is 0.245. The van der Waals surface area contributed by atoms with E-state index in [2.05, 4.69) is 0 Å². The molecule has 0 bridgehead atoms. The van der Waals surface area contributed by atoms with Gasteiger partial charge in [0.2, 0.25) is 0 Å². The number of halogens is 4. The minimum atomic E-state index is -1.39. The normalized spacial score (nSPS) is 29.7. The van der Waals surface area contributed by atoms with Gasteiger partial charge in [0.05, 0.1) is 0 Å². The fourth-order valence-electron chi connectivity index (χ4n) is 2.38.